The zero-order valence-corrected chi connectivity index (χ0v) is 20.6. The SMILES string of the molecule is CC(=O)C(CC(C)C(F)(F)F)NC(=O)C1=C[C@@]2(C)C(CC[C@@H]3[C@H]2CC[C@]2(C)CCC[C@@H]32)NC1=O. The summed E-state index contributed by atoms with van der Waals surface area (Å²) in [7, 11) is 0. The van der Waals surface area contributed by atoms with Crippen molar-refractivity contribution in [1.82, 2.24) is 10.6 Å². The standard InChI is InChI=1S/C26H37F3N2O3/c1-14(26(27,28)29)12-20(15(2)32)30-22(33)17-13-25(4)19-9-11-24(3)10-5-6-18(24)16(19)7-8-21(25)31-23(17)34/h13-14,16,18-21H,5-12H2,1-4H3,(H,30,33)(H,31,34)/t14?,16-,18-,19+,20?,21?,24-,25+/m0/s1. The minimum atomic E-state index is -4.46. The van der Waals surface area contributed by atoms with E-state index in [0.29, 0.717) is 23.2 Å². The van der Waals surface area contributed by atoms with Crippen molar-refractivity contribution in [3.05, 3.63) is 11.6 Å². The predicted octanol–water partition coefficient (Wildman–Crippen LogP) is 4.71. The first-order valence-electron chi connectivity index (χ1n) is 12.7. The summed E-state index contributed by atoms with van der Waals surface area (Å²) in [6.07, 6.45) is 4.65. The molecule has 3 saturated carbocycles. The first-order valence-corrected chi connectivity index (χ1v) is 12.7. The quantitative estimate of drug-likeness (QED) is 0.558. The Morgan fingerprint density at radius 3 is 2.50 bits per heavy atom. The van der Waals surface area contributed by atoms with E-state index in [-0.39, 0.29) is 11.6 Å². The van der Waals surface area contributed by atoms with E-state index in [0.717, 1.165) is 39.5 Å². The minimum Gasteiger partial charge on any atom is -0.348 e. The maximum Gasteiger partial charge on any atom is 0.391 e. The Labute approximate surface area is 199 Å². The van der Waals surface area contributed by atoms with Gasteiger partial charge in [-0.05, 0) is 75.0 Å². The topological polar surface area (TPSA) is 75.3 Å². The molecule has 0 aromatic heterocycles. The van der Waals surface area contributed by atoms with Crippen LogP contribution in [0, 0.1) is 34.5 Å². The summed E-state index contributed by atoms with van der Waals surface area (Å²) in [5, 5.41) is 5.46. The summed E-state index contributed by atoms with van der Waals surface area (Å²) in [6.45, 7) is 6.68. The summed E-state index contributed by atoms with van der Waals surface area (Å²) in [5.74, 6) is -2.02. The predicted molar refractivity (Wildman–Crippen MR) is 121 cm³/mol. The van der Waals surface area contributed by atoms with Crippen LogP contribution in [-0.4, -0.2) is 35.9 Å². The lowest BCUT2D eigenvalue weighted by Gasteiger charge is -2.58. The molecule has 3 fully saturated rings. The number of fused-ring (bicyclic) bond motifs is 5. The molecule has 4 rings (SSSR count). The fourth-order valence-corrected chi connectivity index (χ4v) is 7.65. The molecule has 3 aliphatic carbocycles. The second-order valence-electron chi connectivity index (χ2n) is 11.8. The molecule has 1 heterocycles. The summed E-state index contributed by atoms with van der Waals surface area (Å²) >= 11 is 0. The largest absolute Gasteiger partial charge is 0.391 e. The Hall–Kier alpha value is -1.86. The van der Waals surface area contributed by atoms with E-state index in [1.165, 1.54) is 19.3 Å². The Morgan fingerprint density at radius 1 is 1.15 bits per heavy atom. The number of Topliss-reactive ketones (excluding diaryl/α,β-unsaturated/α-hetero) is 1. The Morgan fingerprint density at radius 2 is 1.85 bits per heavy atom. The van der Waals surface area contributed by atoms with E-state index in [2.05, 4.69) is 24.5 Å². The molecule has 8 heteroatoms. The molecule has 3 unspecified atom stereocenters. The maximum absolute atomic E-state index is 13.1. The van der Waals surface area contributed by atoms with Gasteiger partial charge in [0, 0.05) is 11.5 Å². The molecule has 0 spiro atoms. The van der Waals surface area contributed by atoms with Crippen LogP contribution in [0.3, 0.4) is 0 Å². The number of carbonyl (C=O) groups is 3. The third-order valence-electron chi connectivity index (χ3n) is 9.75. The van der Waals surface area contributed by atoms with Crippen molar-refractivity contribution in [2.45, 2.75) is 97.3 Å². The number of carbonyl (C=O) groups excluding carboxylic acids is 3. The average Bonchev–Trinajstić information content (AvgIpc) is 3.14. The molecular weight excluding hydrogens is 445 g/mol. The first kappa shape index (κ1) is 25.2. The van der Waals surface area contributed by atoms with Crippen molar-refractivity contribution in [2.75, 3.05) is 0 Å². The van der Waals surface area contributed by atoms with Crippen LogP contribution in [0.25, 0.3) is 0 Å². The van der Waals surface area contributed by atoms with Crippen molar-refractivity contribution in [3.8, 4) is 0 Å². The fourth-order valence-electron chi connectivity index (χ4n) is 7.65. The molecule has 0 radical (unpaired) electrons. The summed E-state index contributed by atoms with van der Waals surface area (Å²) in [6, 6.07) is -1.35. The van der Waals surface area contributed by atoms with Gasteiger partial charge < -0.3 is 10.6 Å². The van der Waals surface area contributed by atoms with Gasteiger partial charge in [-0.3, -0.25) is 14.4 Å². The number of hydrogen-bond donors (Lipinski definition) is 2. The molecule has 5 nitrogen and oxygen atoms in total. The maximum atomic E-state index is 13.1. The van der Waals surface area contributed by atoms with Crippen molar-refractivity contribution >= 4 is 17.6 Å². The second kappa shape index (κ2) is 8.66. The van der Waals surface area contributed by atoms with Crippen molar-refractivity contribution in [2.24, 2.45) is 34.5 Å². The zero-order valence-electron chi connectivity index (χ0n) is 20.6. The fraction of sp³-hybridized carbons (Fsp3) is 0.808. The molecule has 0 aromatic rings. The van der Waals surface area contributed by atoms with E-state index in [4.69, 9.17) is 0 Å². The normalized spacial score (nSPS) is 39.0. The Bertz CT molecular complexity index is 900. The molecule has 0 saturated heterocycles. The highest BCUT2D eigenvalue weighted by Gasteiger charge is 2.58. The molecule has 190 valence electrons. The Balaban J connectivity index is 1.57. The van der Waals surface area contributed by atoms with Crippen LogP contribution in [0.15, 0.2) is 11.6 Å². The highest BCUT2D eigenvalue weighted by atomic mass is 19.4. The van der Waals surface area contributed by atoms with Gasteiger partial charge in [0.2, 0.25) is 0 Å². The molecule has 0 bridgehead atoms. The van der Waals surface area contributed by atoms with E-state index < -0.39 is 47.6 Å². The number of nitrogens with one attached hydrogen (secondary N) is 2. The molecule has 4 aliphatic rings. The number of halogens is 3. The highest BCUT2D eigenvalue weighted by molar-refractivity contribution is 6.19. The van der Waals surface area contributed by atoms with Crippen LogP contribution < -0.4 is 10.6 Å². The van der Waals surface area contributed by atoms with Gasteiger partial charge in [0.05, 0.1) is 12.0 Å². The van der Waals surface area contributed by atoms with Crippen LogP contribution >= 0.6 is 0 Å². The van der Waals surface area contributed by atoms with Crippen LogP contribution in [0.2, 0.25) is 0 Å². The van der Waals surface area contributed by atoms with Gasteiger partial charge in [0.1, 0.15) is 5.57 Å². The molecule has 8 atom stereocenters. The third-order valence-corrected chi connectivity index (χ3v) is 9.75. The van der Waals surface area contributed by atoms with Gasteiger partial charge in [-0.1, -0.05) is 33.3 Å². The Kier molecular flexibility index (Phi) is 6.43. The molecule has 1 aliphatic heterocycles. The third kappa shape index (κ3) is 4.30. The number of hydrogen-bond acceptors (Lipinski definition) is 3. The van der Waals surface area contributed by atoms with E-state index in [9.17, 15) is 27.6 Å². The monoisotopic (exact) mass is 482 g/mol. The summed E-state index contributed by atoms with van der Waals surface area (Å²) in [4.78, 5) is 38.0. The lowest BCUT2D eigenvalue weighted by molar-refractivity contribution is -0.173. The van der Waals surface area contributed by atoms with E-state index >= 15 is 0 Å². The highest BCUT2D eigenvalue weighted by Crippen LogP contribution is 2.63. The number of rotatable bonds is 5. The van der Waals surface area contributed by atoms with Crippen LogP contribution in [0.1, 0.15) is 79.1 Å². The van der Waals surface area contributed by atoms with Gasteiger partial charge >= 0.3 is 6.18 Å². The smallest absolute Gasteiger partial charge is 0.348 e. The number of alkyl halides is 3. The summed E-state index contributed by atoms with van der Waals surface area (Å²) in [5.41, 5.74) is -0.0841. The number of ketones is 1. The van der Waals surface area contributed by atoms with Crippen LogP contribution in [-0.2, 0) is 14.4 Å². The minimum absolute atomic E-state index is 0.0579. The molecule has 2 amide bonds. The van der Waals surface area contributed by atoms with E-state index in [1.807, 2.05) is 0 Å². The van der Waals surface area contributed by atoms with Gasteiger partial charge in [-0.25, -0.2) is 0 Å². The van der Waals surface area contributed by atoms with Gasteiger partial charge in [0.15, 0.2) is 5.78 Å². The molecule has 0 aromatic carbocycles. The van der Waals surface area contributed by atoms with Crippen molar-refractivity contribution in [3.63, 3.8) is 0 Å². The van der Waals surface area contributed by atoms with Crippen molar-refractivity contribution < 1.29 is 27.6 Å². The molecular formula is C26H37F3N2O3. The zero-order chi connectivity index (χ0) is 25.1. The van der Waals surface area contributed by atoms with Gasteiger partial charge in [-0.2, -0.15) is 13.2 Å². The molecule has 34 heavy (non-hydrogen) atoms. The lowest BCUT2D eigenvalue weighted by Crippen LogP contribution is -2.61. The van der Waals surface area contributed by atoms with E-state index in [1.54, 1.807) is 6.08 Å². The lowest BCUT2D eigenvalue weighted by atomic mass is 9.48. The van der Waals surface area contributed by atoms with Crippen LogP contribution in [0.4, 0.5) is 13.2 Å². The van der Waals surface area contributed by atoms with Crippen LogP contribution in [0.5, 0.6) is 0 Å². The van der Waals surface area contributed by atoms with Crippen molar-refractivity contribution in [1.29, 1.82) is 0 Å². The average molecular weight is 483 g/mol. The van der Waals surface area contributed by atoms with Gasteiger partial charge in [0.25, 0.3) is 11.8 Å². The number of amides is 2. The first-order chi connectivity index (χ1) is 15.8. The molecule has 2 N–H and O–H groups in total. The van der Waals surface area contributed by atoms with Gasteiger partial charge in [-0.15, -0.1) is 0 Å². The second-order valence-corrected chi connectivity index (χ2v) is 11.8. The summed E-state index contributed by atoms with van der Waals surface area (Å²) < 4.78 is 39.1.